The predicted molar refractivity (Wildman–Crippen MR) is 71.4 cm³/mol. The van der Waals surface area contributed by atoms with E-state index in [1.807, 2.05) is 13.0 Å². The van der Waals surface area contributed by atoms with Crippen LogP contribution in [0.2, 0.25) is 0 Å². The zero-order valence-corrected chi connectivity index (χ0v) is 10.7. The minimum absolute atomic E-state index is 0.288. The number of hydrogen-bond donors (Lipinski definition) is 2. The van der Waals surface area contributed by atoms with Crippen LogP contribution in [-0.4, -0.2) is 28.7 Å². The lowest BCUT2D eigenvalue weighted by atomic mass is 10.2. The van der Waals surface area contributed by atoms with Gasteiger partial charge in [0, 0.05) is 11.3 Å². The largest absolute Gasteiger partial charge is 0.271 e. The third kappa shape index (κ3) is 3.10. The maximum absolute atomic E-state index is 11.7. The van der Waals surface area contributed by atoms with E-state index in [2.05, 4.69) is 15.8 Å². The average Bonchev–Trinajstić information content (AvgIpc) is 2.83. The minimum Gasteiger partial charge on any atom is -0.271 e. The van der Waals surface area contributed by atoms with Crippen molar-refractivity contribution in [3.8, 4) is 0 Å². The van der Waals surface area contributed by atoms with Gasteiger partial charge in [-0.25, -0.2) is 0 Å². The van der Waals surface area contributed by atoms with Crippen molar-refractivity contribution in [3.05, 3.63) is 35.9 Å². The van der Waals surface area contributed by atoms with E-state index in [0.29, 0.717) is 11.3 Å². The first-order valence-electron chi connectivity index (χ1n) is 5.49. The topological polar surface area (TPSA) is 70.6 Å². The molecule has 94 valence electrons. The van der Waals surface area contributed by atoms with Crippen LogP contribution in [0.1, 0.15) is 17.3 Å². The molecule has 2 N–H and O–H groups in total. The highest BCUT2D eigenvalue weighted by atomic mass is 32.2. The van der Waals surface area contributed by atoms with E-state index in [-0.39, 0.29) is 11.8 Å². The van der Waals surface area contributed by atoms with Crippen molar-refractivity contribution in [2.24, 2.45) is 4.99 Å². The molecule has 0 fully saturated rings. The Morgan fingerprint density at radius 3 is 2.61 bits per heavy atom. The van der Waals surface area contributed by atoms with Crippen molar-refractivity contribution >= 4 is 28.6 Å². The molecule has 1 unspecified atom stereocenters. The number of carbonyl (C=O) groups is 2. The number of aliphatic imine (C=N–C) groups is 1. The predicted octanol–water partition coefficient (Wildman–Crippen LogP) is 0.981. The average molecular weight is 263 g/mol. The molecule has 18 heavy (non-hydrogen) atoms. The van der Waals surface area contributed by atoms with Gasteiger partial charge in [-0.15, -0.1) is 11.8 Å². The van der Waals surface area contributed by atoms with E-state index < -0.39 is 6.04 Å². The van der Waals surface area contributed by atoms with Gasteiger partial charge in [0.15, 0.2) is 0 Å². The van der Waals surface area contributed by atoms with Gasteiger partial charge < -0.3 is 0 Å². The van der Waals surface area contributed by atoms with Crippen LogP contribution in [0.25, 0.3) is 0 Å². The van der Waals surface area contributed by atoms with E-state index in [1.54, 1.807) is 36.0 Å². The first-order valence-corrected chi connectivity index (χ1v) is 6.48. The van der Waals surface area contributed by atoms with E-state index in [4.69, 9.17) is 0 Å². The highest BCUT2D eigenvalue weighted by molar-refractivity contribution is 8.14. The minimum atomic E-state index is -0.411. The van der Waals surface area contributed by atoms with Crippen molar-refractivity contribution in [2.45, 2.75) is 13.0 Å². The SMILES string of the molecule is CC1=NC(C(=O)NNC(=O)c2ccccc2)CS1. The summed E-state index contributed by atoms with van der Waals surface area (Å²) in [6.45, 7) is 1.86. The second-order valence-corrected chi connectivity index (χ2v) is 5.00. The Morgan fingerprint density at radius 2 is 2.00 bits per heavy atom. The summed E-state index contributed by atoms with van der Waals surface area (Å²) in [6, 6.07) is 8.29. The molecule has 5 nitrogen and oxygen atoms in total. The first-order chi connectivity index (χ1) is 8.66. The standard InChI is InChI=1S/C12H13N3O2S/c1-8-13-10(7-18-8)12(17)15-14-11(16)9-5-3-2-4-6-9/h2-6,10H,7H2,1H3,(H,14,16)(H,15,17). The summed E-state index contributed by atoms with van der Waals surface area (Å²) < 4.78 is 0. The molecule has 1 aliphatic heterocycles. The van der Waals surface area contributed by atoms with Crippen LogP contribution >= 0.6 is 11.8 Å². The quantitative estimate of drug-likeness (QED) is 0.781. The number of hydrogen-bond acceptors (Lipinski definition) is 4. The van der Waals surface area contributed by atoms with Gasteiger partial charge in [-0.05, 0) is 19.1 Å². The van der Waals surface area contributed by atoms with Gasteiger partial charge in [-0.2, -0.15) is 0 Å². The highest BCUT2D eigenvalue weighted by Crippen LogP contribution is 2.17. The maximum Gasteiger partial charge on any atom is 0.269 e. The van der Waals surface area contributed by atoms with Crippen molar-refractivity contribution in [2.75, 3.05) is 5.75 Å². The molecule has 1 aliphatic rings. The number of thioether (sulfide) groups is 1. The fourth-order valence-corrected chi connectivity index (χ4v) is 2.32. The summed E-state index contributed by atoms with van der Waals surface area (Å²) in [5, 5.41) is 0.893. The van der Waals surface area contributed by atoms with Gasteiger partial charge in [0.25, 0.3) is 11.8 Å². The Morgan fingerprint density at radius 1 is 1.28 bits per heavy atom. The van der Waals surface area contributed by atoms with Gasteiger partial charge >= 0.3 is 0 Å². The van der Waals surface area contributed by atoms with E-state index >= 15 is 0 Å². The lowest BCUT2D eigenvalue weighted by Gasteiger charge is -2.09. The molecule has 2 amide bonds. The third-order valence-corrected chi connectivity index (χ3v) is 3.43. The van der Waals surface area contributed by atoms with E-state index in [0.717, 1.165) is 5.04 Å². The molecular weight excluding hydrogens is 250 g/mol. The first kappa shape index (κ1) is 12.6. The Bertz CT molecular complexity index is 487. The van der Waals surface area contributed by atoms with Gasteiger partial charge in [-0.3, -0.25) is 25.4 Å². The molecule has 1 atom stereocenters. The van der Waals surface area contributed by atoms with E-state index in [1.165, 1.54) is 0 Å². The second kappa shape index (κ2) is 5.68. The number of nitrogens with zero attached hydrogens (tertiary/aromatic N) is 1. The Balaban J connectivity index is 1.85. The van der Waals surface area contributed by atoms with Crippen molar-refractivity contribution in [3.63, 3.8) is 0 Å². The normalized spacial score (nSPS) is 18.1. The fourth-order valence-electron chi connectivity index (χ4n) is 1.49. The second-order valence-electron chi connectivity index (χ2n) is 3.78. The molecule has 0 radical (unpaired) electrons. The molecular formula is C12H13N3O2S. The van der Waals surface area contributed by atoms with Crippen LogP contribution < -0.4 is 10.9 Å². The number of carbonyl (C=O) groups excluding carboxylic acids is 2. The Kier molecular flexibility index (Phi) is 3.99. The third-order valence-electron chi connectivity index (χ3n) is 2.43. The monoisotopic (exact) mass is 263 g/mol. The number of rotatable bonds is 2. The fraction of sp³-hybridized carbons (Fsp3) is 0.250. The maximum atomic E-state index is 11.7. The summed E-state index contributed by atoms with van der Waals surface area (Å²) in [5.41, 5.74) is 5.26. The van der Waals surface area contributed by atoms with Crippen molar-refractivity contribution in [1.29, 1.82) is 0 Å². The highest BCUT2D eigenvalue weighted by Gasteiger charge is 2.23. The molecule has 1 aromatic carbocycles. The van der Waals surface area contributed by atoms with Gasteiger partial charge in [0.1, 0.15) is 6.04 Å². The van der Waals surface area contributed by atoms with Crippen LogP contribution in [-0.2, 0) is 4.79 Å². The van der Waals surface area contributed by atoms with Gasteiger partial charge in [0.05, 0.1) is 5.04 Å². The Labute approximate surface area is 109 Å². The summed E-state index contributed by atoms with van der Waals surface area (Å²) >= 11 is 1.54. The lowest BCUT2D eigenvalue weighted by Crippen LogP contribution is -2.46. The molecule has 0 spiro atoms. The van der Waals surface area contributed by atoms with Crippen LogP contribution in [0, 0.1) is 0 Å². The Hall–Kier alpha value is -1.82. The zero-order valence-electron chi connectivity index (χ0n) is 9.84. The zero-order chi connectivity index (χ0) is 13.0. The molecule has 2 rings (SSSR count). The number of benzene rings is 1. The molecule has 6 heteroatoms. The molecule has 0 saturated carbocycles. The van der Waals surface area contributed by atoms with Crippen LogP contribution in [0.5, 0.6) is 0 Å². The summed E-state index contributed by atoms with van der Waals surface area (Å²) in [4.78, 5) is 27.5. The summed E-state index contributed by atoms with van der Waals surface area (Å²) in [6.07, 6.45) is 0. The molecule has 0 aromatic heterocycles. The van der Waals surface area contributed by atoms with Gasteiger partial charge in [-0.1, -0.05) is 18.2 Å². The van der Waals surface area contributed by atoms with Crippen LogP contribution in [0.4, 0.5) is 0 Å². The van der Waals surface area contributed by atoms with Gasteiger partial charge in [0.2, 0.25) is 0 Å². The van der Waals surface area contributed by atoms with Crippen molar-refractivity contribution in [1.82, 2.24) is 10.9 Å². The summed E-state index contributed by atoms with van der Waals surface area (Å²) in [5.74, 6) is -0.00211. The molecule has 0 bridgehead atoms. The van der Waals surface area contributed by atoms with Crippen LogP contribution in [0.15, 0.2) is 35.3 Å². The van der Waals surface area contributed by atoms with Crippen LogP contribution in [0.3, 0.4) is 0 Å². The summed E-state index contributed by atoms with van der Waals surface area (Å²) in [7, 11) is 0. The number of hydrazine groups is 1. The molecule has 1 aromatic rings. The smallest absolute Gasteiger partial charge is 0.269 e. The number of nitrogens with one attached hydrogen (secondary N) is 2. The molecule has 0 aliphatic carbocycles. The molecule has 1 heterocycles. The molecule has 0 saturated heterocycles. The number of amides is 2. The lowest BCUT2D eigenvalue weighted by molar-refractivity contribution is -0.122. The van der Waals surface area contributed by atoms with E-state index in [9.17, 15) is 9.59 Å². The van der Waals surface area contributed by atoms with Crippen molar-refractivity contribution < 1.29 is 9.59 Å².